The molecule has 0 bridgehead atoms. The van der Waals surface area contributed by atoms with E-state index in [0.29, 0.717) is 10.6 Å². The minimum Gasteiger partial charge on any atom is -0.333 e. The van der Waals surface area contributed by atoms with Crippen LogP contribution < -0.4 is 0 Å². The lowest BCUT2D eigenvalue weighted by Crippen LogP contribution is -2.29. The van der Waals surface area contributed by atoms with E-state index in [2.05, 4.69) is 4.98 Å². The monoisotopic (exact) mass is 330 g/mol. The predicted molar refractivity (Wildman–Crippen MR) is 91.6 cm³/mol. The molecule has 0 saturated heterocycles. The summed E-state index contributed by atoms with van der Waals surface area (Å²) in [6, 6.07) is 14.9. The number of nitrogens with zero attached hydrogens (tertiary/aromatic N) is 2. The summed E-state index contributed by atoms with van der Waals surface area (Å²) in [5, 5.41) is 1.56. The van der Waals surface area contributed by atoms with Crippen molar-refractivity contribution in [2.45, 2.75) is 13.0 Å². The maximum Gasteiger partial charge on any atom is 0.254 e. The third-order valence-electron chi connectivity index (χ3n) is 3.66. The van der Waals surface area contributed by atoms with E-state index in [-0.39, 0.29) is 11.9 Å². The maximum atomic E-state index is 12.5. The van der Waals surface area contributed by atoms with Crippen LogP contribution >= 0.6 is 22.9 Å². The molecule has 3 aromatic rings. The van der Waals surface area contributed by atoms with Crippen LogP contribution in [0.1, 0.15) is 28.3 Å². The molecule has 3 nitrogen and oxygen atoms in total. The van der Waals surface area contributed by atoms with E-state index >= 15 is 0 Å². The van der Waals surface area contributed by atoms with Crippen molar-refractivity contribution in [3.05, 3.63) is 64.1 Å². The van der Waals surface area contributed by atoms with Crippen molar-refractivity contribution < 1.29 is 4.79 Å². The highest BCUT2D eigenvalue weighted by Crippen LogP contribution is 2.29. The molecule has 2 aromatic carbocycles. The van der Waals surface area contributed by atoms with Gasteiger partial charge in [0.15, 0.2) is 0 Å². The molecule has 1 heterocycles. The largest absolute Gasteiger partial charge is 0.333 e. The van der Waals surface area contributed by atoms with Crippen LogP contribution in [0.3, 0.4) is 0 Å². The van der Waals surface area contributed by atoms with Gasteiger partial charge < -0.3 is 4.90 Å². The van der Waals surface area contributed by atoms with Crippen molar-refractivity contribution >= 4 is 39.1 Å². The Morgan fingerprint density at radius 2 is 1.86 bits per heavy atom. The van der Waals surface area contributed by atoms with E-state index in [9.17, 15) is 4.79 Å². The molecule has 1 aromatic heterocycles. The van der Waals surface area contributed by atoms with Crippen LogP contribution in [0.15, 0.2) is 48.5 Å². The molecule has 0 unspecified atom stereocenters. The van der Waals surface area contributed by atoms with Gasteiger partial charge in [0, 0.05) is 17.6 Å². The molecule has 22 heavy (non-hydrogen) atoms. The maximum absolute atomic E-state index is 12.5. The van der Waals surface area contributed by atoms with Gasteiger partial charge in [-0.3, -0.25) is 4.79 Å². The second-order valence-corrected chi connectivity index (χ2v) is 6.62. The number of thiazole rings is 1. The Bertz CT molecular complexity index is 780. The molecule has 0 aliphatic carbocycles. The van der Waals surface area contributed by atoms with Crippen LogP contribution in [0.4, 0.5) is 0 Å². The zero-order valence-electron chi connectivity index (χ0n) is 12.3. The molecule has 112 valence electrons. The lowest BCUT2D eigenvalue weighted by Gasteiger charge is -2.23. The molecule has 0 aliphatic rings. The van der Waals surface area contributed by atoms with Crippen molar-refractivity contribution in [2.24, 2.45) is 0 Å². The standard InChI is InChI=1S/C17H15ClN2OS/c1-11(16-19-14-5-3-4-6-15(14)22-16)20(2)17(21)12-7-9-13(18)10-8-12/h3-11H,1-2H3/t11-/m0/s1. The third kappa shape index (κ3) is 2.85. The van der Waals surface area contributed by atoms with Gasteiger partial charge in [-0.15, -0.1) is 11.3 Å². The van der Waals surface area contributed by atoms with Gasteiger partial charge in [0.25, 0.3) is 5.91 Å². The molecule has 0 spiro atoms. The fourth-order valence-corrected chi connectivity index (χ4v) is 3.40. The smallest absolute Gasteiger partial charge is 0.254 e. The number of carbonyl (C=O) groups excluding carboxylic acids is 1. The Kier molecular flexibility index (Phi) is 4.14. The molecule has 0 saturated carbocycles. The number of aromatic nitrogens is 1. The number of hydrogen-bond acceptors (Lipinski definition) is 3. The van der Waals surface area contributed by atoms with Gasteiger partial charge in [-0.05, 0) is 43.3 Å². The van der Waals surface area contributed by atoms with Gasteiger partial charge >= 0.3 is 0 Å². The minimum atomic E-state index is -0.0828. The molecule has 0 N–H and O–H groups in total. The first-order valence-electron chi connectivity index (χ1n) is 6.94. The summed E-state index contributed by atoms with van der Waals surface area (Å²) in [5.74, 6) is -0.0385. The second-order valence-electron chi connectivity index (χ2n) is 5.12. The number of amides is 1. The summed E-state index contributed by atoms with van der Waals surface area (Å²) in [6.07, 6.45) is 0. The summed E-state index contributed by atoms with van der Waals surface area (Å²) < 4.78 is 1.14. The molecular weight excluding hydrogens is 316 g/mol. The fourth-order valence-electron chi connectivity index (χ4n) is 2.21. The highest BCUT2D eigenvalue weighted by molar-refractivity contribution is 7.18. The predicted octanol–water partition coefficient (Wildman–Crippen LogP) is 4.78. The van der Waals surface area contributed by atoms with E-state index in [1.165, 1.54) is 0 Å². The number of benzene rings is 2. The lowest BCUT2D eigenvalue weighted by molar-refractivity contribution is 0.0742. The number of carbonyl (C=O) groups is 1. The Labute approximate surface area is 138 Å². The SMILES string of the molecule is C[C@@H](c1nc2ccccc2s1)N(C)C(=O)c1ccc(Cl)cc1. The van der Waals surface area contributed by atoms with E-state index in [0.717, 1.165) is 15.2 Å². The van der Waals surface area contributed by atoms with Gasteiger partial charge in [-0.1, -0.05) is 23.7 Å². The number of rotatable bonds is 3. The first-order valence-corrected chi connectivity index (χ1v) is 8.14. The average Bonchev–Trinajstić information content (AvgIpc) is 2.97. The molecule has 3 rings (SSSR count). The highest BCUT2D eigenvalue weighted by atomic mass is 35.5. The molecule has 0 aliphatic heterocycles. The average molecular weight is 331 g/mol. The summed E-state index contributed by atoms with van der Waals surface area (Å²) in [6.45, 7) is 1.99. The zero-order valence-corrected chi connectivity index (χ0v) is 13.9. The van der Waals surface area contributed by atoms with Crippen LogP contribution in [0.25, 0.3) is 10.2 Å². The fraction of sp³-hybridized carbons (Fsp3) is 0.176. The van der Waals surface area contributed by atoms with E-state index in [4.69, 9.17) is 11.6 Å². The summed E-state index contributed by atoms with van der Waals surface area (Å²) >= 11 is 7.49. The molecule has 0 radical (unpaired) electrons. The Morgan fingerprint density at radius 1 is 1.18 bits per heavy atom. The van der Waals surface area contributed by atoms with Gasteiger partial charge in [-0.25, -0.2) is 4.98 Å². The van der Waals surface area contributed by atoms with Gasteiger partial charge in [0.05, 0.1) is 16.3 Å². The van der Waals surface area contributed by atoms with E-state index < -0.39 is 0 Å². The first kappa shape index (κ1) is 15.0. The number of fused-ring (bicyclic) bond motifs is 1. The minimum absolute atomic E-state index is 0.0385. The Hall–Kier alpha value is -1.91. The van der Waals surface area contributed by atoms with Crippen molar-refractivity contribution in [3.63, 3.8) is 0 Å². The molecule has 0 fully saturated rings. The van der Waals surface area contributed by atoms with E-state index in [1.54, 1.807) is 47.5 Å². The molecule has 5 heteroatoms. The summed E-state index contributed by atoms with van der Waals surface area (Å²) in [5.41, 5.74) is 1.60. The van der Waals surface area contributed by atoms with Crippen molar-refractivity contribution in [3.8, 4) is 0 Å². The van der Waals surface area contributed by atoms with Crippen LogP contribution in [-0.4, -0.2) is 22.8 Å². The summed E-state index contributed by atoms with van der Waals surface area (Å²) in [7, 11) is 1.80. The number of para-hydroxylation sites is 1. The van der Waals surface area contributed by atoms with Crippen LogP contribution in [0.5, 0.6) is 0 Å². The Balaban J connectivity index is 1.85. The summed E-state index contributed by atoms with van der Waals surface area (Å²) in [4.78, 5) is 18.9. The number of hydrogen-bond donors (Lipinski definition) is 0. The quantitative estimate of drug-likeness (QED) is 0.692. The first-order chi connectivity index (χ1) is 10.6. The molecule has 1 amide bonds. The molecule has 1 atom stereocenters. The third-order valence-corrected chi connectivity index (χ3v) is 5.12. The molecular formula is C17H15ClN2OS. The van der Waals surface area contributed by atoms with Crippen molar-refractivity contribution in [2.75, 3.05) is 7.05 Å². The van der Waals surface area contributed by atoms with Crippen molar-refractivity contribution in [1.82, 2.24) is 9.88 Å². The lowest BCUT2D eigenvalue weighted by atomic mass is 10.2. The van der Waals surface area contributed by atoms with Crippen LogP contribution in [0.2, 0.25) is 5.02 Å². The topological polar surface area (TPSA) is 33.2 Å². The zero-order chi connectivity index (χ0) is 15.7. The highest BCUT2D eigenvalue weighted by Gasteiger charge is 2.21. The second kappa shape index (κ2) is 6.07. The van der Waals surface area contributed by atoms with Crippen LogP contribution in [0, 0.1) is 0 Å². The number of halogens is 1. The Morgan fingerprint density at radius 3 is 2.55 bits per heavy atom. The normalized spacial score (nSPS) is 12.3. The van der Waals surface area contributed by atoms with Gasteiger partial charge in [0.1, 0.15) is 5.01 Å². The van der Waals surface area contributed by atoms with E-state index in [1.807, 2.05) is 31.2 Å². The van der Waals surface area contributed by atoms with Crippen LogP contribution in [-0.2, 0) is 0 Å². The van der Waals surface area contributed by atoms with Gasteiger partial charge in [0.2, 0.25) is 0 Å². The van der Waals surface area contributed by atoms with Crippen molar-refractivity contribution in [1.29, 1.82) is 0 Å². The van der Waals surface area contributed by atoms with Gasteiger partial charge in [-0.2, -0.15) is 0 Å².